The van der Waals surface area contributed by atoms with Crippen LogP contribution in [0, 0.1) is 6.92 Å². The number of aliphatic carboxylic acids is 1. The van der Waals surface area contributed by atoms with Crippen LogP contribution in [0.25, 0.3) is 0 Å². The monoisotopic (exact) mass is 322 g/mol. The van der Waals surface area contributed by atoms with Gasteiger partial charge < -0.3 is 10.4 Å². The second-order valence-corrected chi connectivity index (χ2v) is 6.45. The zero-order valence-electron chi connectivity index (χ0n) is 12.9. The molecule has 0 aromatic carbocycles. The molecule has 118 valence electrons. The molecule has 0 spiro atoms. The summed E-state index contributed by atoms with van der Waals surface area (Å²) < 4.78 is 1.31. The summed E-state index contributed by atoms with van der Waals surface area (Å²) in [7, 11) is 0. The lowest BCUT2D eigenvalue weighted by atomic mass is 10.1. The summed E-state index contributed by atoms with van der Waals surface area (Å²) >= 11 is 1.36. The SMILES string of the molecule is CCc1nc(C)c(C(=O)Nc2cnn(C(C)(C)C(=O)O)c2)s1. The van der Waals surface area contributed by atoms with Crippen molar-refractivity contribution in [3.63, 3.8) is 0 Å². The summed E-state index contributed by atoms with van der Waals surface area (Å²) in [6.07, 6.45) is 3.71. The number of aryl methyl sites for hydroxylation is 2. The van der Waals surface area contributed by atoms with Crippen LogP contribution in [0.5, 0.6) is 0 Å². The summed E-state index contributed by atoms with van der Waals surface area (Å²) in [5.41, 5.74) is -0.0403. The summed E-state index contributed by atoms with van der Waals surface area (Å²) in [4.78, 5) is 28.3. The number of nitrogens with one attached hydrogen (secondary N) is 1. The third-order valence-electron chi connectivity index (χ3n) is 3.29. The van der Waals surface area contributed by atoms with Crippen LogP contribution < -0.4 is 5.32 Å². The van der Waals surface area contributed by atoms with Crippen molar-refractivity contribution < 1.29 is 14.7 Å². The highest BCUT2D eigenvalue weighted by Gasteiger charge is 2.30. The maximum absolute atomic E-state index is 12.3. The van der Waals surface area contributed by atoms with Crippen molar-refractivity contribution in [3.8, 4) is 0 Å². The highest BCUT2D eigenvalue weighted by molar-refractivity contribution is 7.13. The van der Waals surface area contributed by atoms with Crippen LogP contribution >= 0.6 is 11.3 Å². The minimum Gasteiger partial charge on any atom is -0.479 e. The fraction of sp³-hybridized carbons (Fsp3) is 0.429. The van der Waals surface area contributed by atoms with E-state index >= 15 is 0 Å². The van der Waals surface area contributed by atoms with Gasteiger partial charge in [0.25, 0.3) is 5.91 Å². The van der Waals surface area contributed by atoms with Crippen molar-refractivity contribution in [2.24, 2.45) is 0 Å². The molecule has 8 heteroatoms. The Bertz CT molecular complexity index is 717. The average Bonchev–Trinajstić information content (AvgIpc) is 3.05. The molecule has 0 radical (unpaired) electrons. The molecular weight excluding hydrogens is 304 g/mol. The fourth-order valence-electron chi connectivity index (χ4n) is 1.79. The summed E-state index contributed by atoms with van der Waals surface area (Å²) in [5.74, 6) is -1.26. The number of carboxylic acids is 1. The number of amides is 1. The molecule has 1 amide bonds. The van der Waals surface area contributed by atoms with Crippen LogP contribution in [0.15, 0.2) is 12.4 Å². The molecule has 2 aromatic heterocycles. The number of thiazole rings is 1. The lowest BCUT2D eigenvalue weighted by Gasteiger charge is -2.19. The minimum absolute atomic E-state index is 0.262. The molecule has 0 saturated heterocycles. The molecule has 0 unspecified atom stereocenters. The molecule has 0 aliphatic carbocycles. The molecule has 0 atom stereocenters. The van der Waals surface area contributed by atoms with Gasteiger partial charge in [0.15, 0.2) is 5.54 Å². The molecule has 0 bridgehead atoms. The van der Waals surface area contributed by atoms with Crippen molar-refractivity contribution in [1.29, 1.82) is 0 Å². The fourth-order valence-corrected chi connectivity index (χ4v) is 2.69. The first-order chi connectivity index (χ1) is 10.3. The number of hydrogen-bond donors (Lipinski definition) is 2. The van der Waals surface area contributed by atoms with Crippen molar-refractivity contribution in [3.05, 3.63) is 28.0 Å². The molecule has 0 aliphatic heterocycles. The van der Waals surface area contributed by atoms with Crippen LogP contribution in [-0.4, -0.2) is 31.7 Å². The van der Waals surface area contributed by atoms with Gasteiger partial charge >= 0.3 is 5.97 Å². The molecule has 7 nitrogen and oxygen atoms in total. The topological polar surface area (TPSA) is 97.1 Å². The van der Waals surface area contributed by atoms with Gasteiger partial charge in [0.2, 0.25) is 0 Å². The number of carboxylic acid groups (broad SMARTS) is 1. The number of nitrogens with zero attached hydrogens (tertiary/aromatic N) is 3. The summed E-state index contributed by atoms with van der Waals surface area (Å²) in [5, 5.41) is 16.8. The van der Waals surface area contributed by atoms with Crippen molar-refractivity contribution in [2.45, 2.75) is 39.7 Å². The Labute approximate surface area is 132 Å². The maximum atomic E-state index is 12.3. The van der Waals surface area contributed by atoms with E-state index in [0.29, 0.717) is 16.3 Å². The highest BCUT2D eigenvalue weighted by Crippen LogP contribution is 2.21. The highest BCUT2D eigenvalue weighted by atomic mass is 32.1. The normalized spacial score (nSPS) is 11.5. The van der Waals surface area contributed by atoms with E-state index in [1.807, 2.05) is 6.92 Å². The molecule has 0 saturated carbocycles. The molecule has 2 rings (SSSR count). The van der Waals surface area contributed by atoms with Gasteiger partial charge in [-0.1, -0.05) is 6.92 Å². The number of hydrogen-bond acceptors (Lipinski definition) is 5. The van der Waals surface area contributed by atoms with E-state index in [9.17, 15) is 14.7 Å². The molecule has 0 aliphatic rings. The van der Waals surface area contributed by atoms with Crippen LogP contribution in [0.3, 0.4) is 0 Å². The summed E-state index contributed by atoms with van der Waals surface area (Å²) in [6, 6.07) is 0. The quantitative estimate of drug-likeness (QED) is 0.880. The Balaban J connectivity index is 2.18. The van der Waals surface area contributed by atoms with Crippen LogP contribution in [0.1, 0.15) is 41.1 Å². The second-order valence-electron chi connectivity index (χ2n) is 5.37. The number of carbonyl (C=O) groups excluding carboxylic acids is 1. The standard InChI is InChI=1S/C14H18N4O3S/c1-5-10-16-8(2)11(22-10)12(19)17-9-6-15-18(7-9)14(3,4)13(20)21/h6-7H,5H2,1-4H3,(H,17,19)(H,20,21). The third-order valence-corrected chi connectivity index (χ3v) is 4.59. The smallest absolute Gasteiger partial charge is 0.331 e. The van der Waals surface area contributed by atoms with Crippen LogP contribution in [0.4, 0.5) is 5.69 Å². The van der Waals surface area contributed by atoms with E-state index in [-0.39, 0.29) is 5.91 Å². The minimum atomic E-state index is -1.18. The third kappa shape index (κ3) is 3.01. The Hall–Kier alpha value is -2.22. The van der Waals surface area contributed by atoms with E-state index in [2.05, 4.69) is 15.4 Å². The molecule has 2 N–H and O–H groups in total. The van der Waals surface area contributed by atoms with Crippen molar-refractivity contribution >= 4 is 28.9 Å². The second kappa shape index (κ2) is 5.88. The first-order valence-electron chi connectivity index (χ1n) is 6.82. The predicted molar refractivity (Wildman–Crippen MR) is 83.4 cm³/mol. The van der Waals surface area contributed by atoms with Gasteiger partial charge in [-0.05, 0) is 27.2 Å². The lowest BCUT2D eigenvalue weighted by molar-refractivity contribution is -0.146. The van der Waals surface area contributed by atoms with E-state index in [4.69, 9.17) is 0 Å². The van der Waals surface area contributed by atoms with Gasteiger partial charge in [-0.15, -0.1) is 11.3 Å². The Morgan fingerprint density at radius 2 is 2.14 bits per heavy atom. The van der Waals surface area contributed by atoms with Crippen molar-refractivity contribution in [2.75, 3.05) is 5.32 Å². The number of aromatic nitrogens is 3. The Kier molecular flexibility index (Phi) is 4.32. The molecular formula is C14H18N4O3S. The van der Waals surface area contributed by atoms with Gasteiger partial charge in [0, 0.05) is 6.20 Å². The largest absolute Gasteiger partial charge is 0.479 e. The zero-order valence-corrected chi connectivity index (χ0v) is 13.7. The van der Waals surface area contributed by atoms with Gasteiger partial charge in [-0.2, -0.15) is 5.10 Å². The van der Waals surface area contributed by atoms with Gasteiger partial charge in [0.1, 0.15) is 4.88 Å². The van der Waals surface area contributed by atoms with Crippen LogP contribution in [-0.2, 0) is 16.8 Å². The van der Waals surface area contributed by atoms with Crippen LogP contribution in [0.2, 0.25) is 0 Å². The van der Waals surface area contributed by atoms with E-state index < -0.39 is 11.5 Å². The molecule has 2 aromatic rings. The van der Waals surface area contributed by atoms with E-state index in [0.717, 1.165) is 11.4 Å². The van der Waals surface area contributed by atoms with Gasteiger partial charge in [-0.3, -0.25) is 9.48 Å². The van der Waals surface area contributed by atoms with Gasteiger partial charge in [0.05, 0.1) is 22.6 Å². The first kappa shape index (κ1) is 16.2. The lowest BCUT2D eigenvalue weighted by Crippen LogP contribution is -2.35. The van der Waals surface area contributed by atoms with Gasteiger partial charge in [-0.25, -0.2) is 9.78 Å². The average molecular weight is 322 g/mol. The molecule has 22 heavy (non-hydrogen) atoms. The Morgan fingerprint density at radius 3 is 2.68 bits per heavy atom. The van der Waals surface area contributed by atoms with E-state index in [1.165, 1.54) is 42.3 Å². The van der Waals surface area contributed by atoms with E-state index in [1.54, 1.807) is 6.92 Å². The molecule has 0 fully saturated rings. The predicted octanol–water partition coefficient (Wildman–Crippen LogP) is 2.28. The zero-order chi connectivity index (χ0) is 16.5. The van der Waals surface area contributed by atoms with Crippen molar-refractivity contribution in [1.82, 2.24) is 14.8 Å². The number of carbonyl (C=O) groups is 2. The summed E-state index contributed by atoms with van der Waals surface area (Å²) in [6.45, 7) is 6.85. The first-order valence-corrected chi connectivity index (χ1v) is 7.63. The number of rotatable bonds is 5. The Morgan fingerprint density at radius 1 is 1.45 bits per heavy atom. The number of anilines is 1. The maximum Gasteiger partial charge on any atom is 0.331 e. The molecule has 2 heterocycles.